The van der Waals surface area contributed by atoms with Gasteiger partial charge in [-0.3, -0.25) is 14.4 Å². The maximum absolute atomic E-state index is 12.7. The van der Waals surface area contributed by atoms with E-state index in [1.807, 2.05) is 0 Å². The van der Waals surface area contributed by atoms with Crippen molar-refractivity contribution in [3.8, 4) is 0 Å². The van der Waals surface area contributed by atoms with Gasteiger partial charge in [0, 0.05) is 12.6 Å². The Kier molecular flexibility index (Phi) is 6.22. The van der Waals surface area contributed by atoms with Crippen molar-refractivity contribution in [2.75, 3.05) is 27.0 Å². The predicted molar refractivity (Wildman–Crippen MR) is 84.8 cm³/mol. The van der Waals surface area contributed by atoms with Gasteiger partial charge >= 0.3 is 5.97 Å². The first-order valence-electron chi connectivity index (χ1n) is 6.84. The first kappa shape index (κ1) is 19.8. The largest absolute Gasteiger partial charge is 0.468 e. The van der Waals surface area contributed by atoms with Gasteiger partial charge in [0.05, 0.1) is 13.4 Å². The van der Waals surface area contributed by atoms with E-state index in [0.717, 1.165) is 25.2 Å². The third kappa shape index (κ3) is 4.87. The van der Waals surface area contributed by atoms with Gasteiger partial charge in [0.25, 0.3) is 16.0 Å². The van der Waals surface area contributed by atoms with Gasteiger partial charge < -0.3 is 9.64 Å². The molecule has 9 heteroatoms. The van der Waals surface area contributed by atoms with Crippen molar-refractivity contribution in [2.45, 2.75) is 12.5 Å². The first-order valence-corrected chi connectivity index (χ1v) is 8.65. The van der Waals surface area contributed by atoms with Crippen LogP contribution in [0.4, 0.5) is 0 Å². The van der Waals surface area contributed by atoms with Crippen LogP contribution in [0.3, 0.4) is 0 Å². The second kappa shape index (κ2) is 7.54. The van der Waals surface area contributed by atoms with E-state index in [0.29, 0.717) is 0 Å². The quantitative estimate of drug-likeness (QED) is 0.298. The van der Waals surface area contributed by atoms with Crippen molar-refractivity contribution in [2.24, 2.45) is 0 Å². The molecule has 0 saturated heterocycles. The molecule has 1 unspecified atom stereocenters. The molecule has 8 nitrogen and oxygen atoms in total. The molecule has 0 fully saturated rings. The van der Waals surface area contributed by atoms with Crippen LogP contribution in [-0.2, 0) is 28.6 Å². The highest BCUT2D eigenvalue weighted by molar-refractivity contribution is 7.86. The molecular weight excluding hydrogens is 338 g/mol. The number of amides is 1. The number of esters is 1. The van der Waals surface area contributed by atoms with Crippen molar-refractivity contribution in [1.29, 1.82) is 0 Å². The second-order valence-electron chi connectivity index (χ2n) is 5.25. The number of methoxy groups -OCH3 is 1. The van der Waals surface area contributed by atoms with E-state index in [9.17, 15) is 22.8 Å². The lowest BCUT2D eigenvalue weighted by molar-refractivity contribution is -0.150. The van der Waals surface area contributed by atoms with Crippen LogP contribution in [0.5, 0.6) is 0 Å². The fourth-order valence-electron chi connectivity index (χ4n) is 2.03. The van der Waals surface area contributed by atoms with E-state index in [1.54, 1.807) is 18.2 Å². The number of carbonyl (C=O) groups is 3. The Balaban J connectivity index is 3.26. The summed E-state index contributed by atoms with van der Waals surface area (Å²) in [7, 11) is -1.75. The summed E-state index contributed by atoms with van der Waals surface area (Å²) in [5.41, 5.74) is -2.24. The van der Waals surface area contributed by atoms with Gasteiger partial charge in [0.15, 0.2) is 0 Å². The molecule has 1 atom stereocenters. The summed E-state index contributed by atoms with van der Waals surface area (Å²) in [5, 5.41) is 0. The number of ether oxygens (including phenoxy) is 1. The standard InChI is InChI=1S/C15H19NO7S/c1-15(23-24(4,20)21,13(18)11-8-6-5-7-9-11)14(19)16(2)10-12(17)22-3/h5-9H,10H2,1-4H3. The van der Waals surface area contributed by atoms with Crippen LogP contribution < -0.4 is 0 Å². The third-order valence-corrected chi connectivity index (χ3v) is 3.77. The number of carbonyl (C=O) groups excluding carboxylic acids is 3. The van der Waals surface area contributed by atoms with Crippen molar-refractivity contribution in [1.82, 2.24) is 4.90 Å². The van der Waals surface area contributed by atoms with Crippen LogP contribution in [0.1, 0.15) is 17.3 Å². The van der Waals surface area contributed by atoms with Gasteiger partial charge in [-0.25, -0.2) is 4.18 Å². The highest BCUT2D eigenvalue weighted by atomic mass is 32.2. The first-order chi connectivity index (χ1) is 11.0. The van der Waals surface area contributed by atoms with Gasteiger partial charge in [-0.05, 0) is 6.92 Å². The monoisotopic (exact) mass is 357 g/mol. The molecule has 0 aliphatic carbocycles. The number of rotatable bonds is 7. The average Bonchev–Trinajstić information content (AvgIpc) is 2.52. The van der Waals surface area contributed by atoms with E-state index in [1.165, 1.54) is 19.2 Å². The van der Waals surface area contributed by atoms with E-state index >= 15 is 0 Å². The number of hydrogen-bond acceptors (Lipinski definition) is 7. The minimum absolute atomic E-state index is 0.100. The highest BCUT2D eigenvalue weighted by Crippen LogP contribution is 2.23. The summed E-state index contributed by atoms with van der Waals surface area (Å²) < 4.78 is 32.4. The van der Waals surface area contributed by atoms with Crippen molar-refractivity contribution >= 4 is 27.8 Å². The van der Waals surface area contributed by atoms with E-state index in [2.05, 4.69) is 4.74 Å². The van der Waals surface area contributed by atoms with Crippen LogP contribution in [0.15, 0.2) is 30.3 Å². The number of likely N-dealkylation sites (N-methyl/N-ethyl adjacent to an activating group) is 1. The maximum atomic E-state index is 12.7. The summed E-state index contributed by atoms with van der Waals surface area (Å²) >= 11 is 0. The van der Waals surface area contributed by atoms with Gasteiger partial charge in [0.2, 0.25) is 11.4 Å². The SMILES string of the molecule is COC(=O)CN(C)C(=O)C(C)(OS(C)(=O)=O)C(=O)c1ccccc1. The van der Waals surface area contributed by atoms with Crippen LogP contribution in [-0.4, -0.2) is 63.5 Å². The average molecular weight is 357 g/mol. The van der Waals surface area contributed by atoms with Crippen molar-refractivity contribution < 1.29 is 31.7 Å². The number of benzene rings is 1. The second-order valence-corrected chi connectivity index (χ2v) is 6.83. The van der Waals surface area contributed by atoms with Crippen LogP contribution in [0.25, 0.3) is 0 Å². The zero-order valence-electron chi connectivity index (χ0n) is 13.8. The Bertz CT molecular complexity index is 729. The fraction of sp³-hybridized carbons (Fsp3) is 0.400. The van der Waals surface area contributed by atoms with Gasteiger partial charge in [-0.2, -0.15) is 8.42 Å². The predicted octanol–water partition coefficient (Wildman–Crippen LogP) is 0.236. The van der Waals surface area contributed by atoms with Crippen LogP contribution in [0.2, 0.25) is 0 Å². The number of hydrogen-bond donors (Lipinski definition) is 0. The molecular formula is C15H19NO7S. The lowest BCUT2D eigenvalue weighted by Crippen LogP contribution is -2.54. The molecule has 1 rings (SSSR count). The lowest BCUT2D eigenvalue weighted by Gasteiger charge is -2.29. The van der Waals surface area contributed by atoms with Gasteiger partial charge in [-0.15, -0.1) is 0 Å². The Labute approximate surface area is 140 Å². The molecule has 0 saturated carbocycles. The molecule has 1 aromatic rings. The molecule has 0 heterocycles. The molecule has 0 aliphatic heterocycles. The molecule has 0 N–H and O–H groups in total. The Hall–Kier alpha value is -2.26. The Morgan fingerprint density at radius 1 is 1.17 bits per heavy atom. The highest BCUT2D eigenvalue weighted by Gasteiger charge is 2.47. The minimum Gasteiger partial charge on any atom is -0.468 e. The zero-order chi connectivity index (χ0) is 18.5. The fourth-order valence-corrected chi connectivity index (χ4v) is 2.79. The number of Topliss-reactive ketones (excluding diaryl/α,β-unsaturated/α-hetero) is 1. The summed E-state index contributed by atoms with van der Waals surface area (Å²) in [5.74, 6) is -2.54. The molecule has 0 spiro atoms. The molecule has 0 radical (unpaired) electrons. The molecule has 132 valence electrons. The minimum atomic E-state index is -4.13. The smallest absolute Gasteiger partial charge is 0.325 e. The molecule has 0 bridgehead atoms. The number of ketones is 1. The zero-order valence-corrected chi connectivity index (χ0v) is 14.6. The van der Waals surface area contributed by atoms with E-state index in [-0.39, 0.29) is 5.56 Å². The Morgan fingerprint density at radius 2 is 1.71 bits per heavy atom. The number of nitrogens with zero attached hydrogens (tertiary/aromatic N) is 1. The summed E-state index contributed by atoms with van der Waals surface area (Å²) in [6.07, 6.45) is 0.733. The van der Waals surface area contributed by atoms with Gasteiger partial charge in [-0.1, -0.05) is 30.3 Å². The Morgan fingerprint density at radius 3 is 2.17 bits per heavy atom. The molecule has 0 aliphatic rings. The van der Waals surface area contributed by atoms with Crippen LogP contribution in [0, 0.1) is 0 Å². The molecule has 24 heavy (non-hydrogen) atoms. The molecule has 1 amide bonds. The van der Waals surface area contributed by atoms with E-state index < -0.39 is 39.9 Å². The summed E-state index contributed by atoms with van der Waals surface area (Å²) in [6.45, 7) is 0.597. The lowest BCUT2D eigenvalue weighted by atomic mass is 9.93. The summed E-state index contributed by atoms with van der Waals surface area (Å²) in [6, 6.07) is 7.66. The molecule has 0 aromatic heterocycles. The summed E-state index contributed by atoms with van der Waals surface area (Å²) in [4.78, 5) is 37.5. The third-order valence-electron chi connectivity index (χ3n) is 3.14. The van der Waals surface area contributed by atoms with Crippen LogP contribution >= 0.6 is 0 Å². The maximum Gasteiger partial charge on any atom is 0.325 e. The van der Waals surface area contributed by atoms with Crippen molar-refractivity contribution in [3.05, 3.63) is 35.9 Å². The topological polar surface area (TPSA) is 107 Å². The normalized spacial score (nSPS) is 13.7. The van der Waals surface area contributed by atoms with Crippen molar-refractivity contribution in [3.63, 3.8) is 0 Å². The molecule has 1 aromatic carbocycles. The van der Waals surface area contributed by atoms with Gasteiger partial charge in [0.1, 0.15) is 6.54 Å². The van der Waals surface area contributed by atoms with E-state index in [4.69, 9.17) is 4.18 Å².